The van der Waals surface area contributed by atoms with E-state index in [1.807, 2.05) is 91.3 Å². The number of hydrogen-bond acceptors (Lipinski definition) is 0. The summed E-state index contributed by atoms with van der Waals surface area (Å²) < 4.78 is 30.6. The second-order valence-electron chi connectivity index (χ2n) is 7.89. The van der Waals surface area contributed by atoms with Gasteiger partial charge >= 0.3 is 0 Å². The summed E-state index contributed by atoms with van der Waals surface area (Å²) in [6.45, 7) is 11.2. The second-order valence-corrected chi connectivity index (χ2v) is 7.89. The van der Waals surface area contributed by atoms with Gasteiger partial charge in [0.1, 0.15) is 18.1 Å². The maximum absolute atomic E-state index is 8.90. The summed E-state index contributed by atoms with van der Waals surface area (Å²) in [5.74, 6) is -1.62. The number of rotatable bonds is 5. The van der Waals surface area contributed by atoms with E-state index >= 15 is 0 Å². The van der Waals surface area contributed by atoms with Crippen molar-refractivity contribution in [3.63, 3.8) is 0 Å². The van der Waals surface area contributed by atoms with Crippen LogP contribution in [0.4, 0.5) is 0 Å². The first-order valence-electron chi connectivity index (χ1n) is 11.0. The lowest BCUT2D eigenvalue weighted by molar-refractivity contribution is -0.659. The summed E-state index contributed by atoms with van der Waals surface area (Å²) in [7, 11) is 2.01. The number of aromatic nitrogens is 2. The Morgan fingerprint density at radius 3 is 1.89 bits per heavy atom. The Morgan fingerprint density at radius 2 is 1.41 bits per heavy atom. The van der Waals surface area contributed by atoms with Crippen molar-refractivity contribution in [2.24, 2.45) is 7.05 Å². The fraction of sp³-hybridized carbons (Fsp3) is 0.400. The number of aryl methyl sites for hydroxylation is 1. The fourth-order valence-corrected chi connectivity index (χ4v) is 3.53. The van der Waals surface area contributed by atoms with E-state index in [1.165, 1.54) is 0 Å². The number of nitrogens with zero attached hydrogens (tertiary/aromatic N) is 2. The Balaban J connectivity index is 2.47. The van der Waals surface area contributed by atoms with Crippen LogP contribution in [-0.2, 0) is 7.05 Å². The van der Waals surface area contributed by atoms with Gasteiger partial charge in [0.2, 0.25) is 0 Å². The minimum absolute atomic E-state index is 0.817. The lowest BCUT2D eigenvalue weighted by Crippen LogP contribution is -2.29. The first kappa shape index (κ1) is 15.7. The third-order valence-electron chi connectivity index (χ3n) is 5.04. The third-order valence-corrected chi connectivity index (χ3v) is 5.04. The van der Waals surface area contributed by atoms with Crippen LogP contribution in [0.5, 0.6) is 0 Å². The smallest absolute Gasteiger partial charge is 0.232 e. The monoisotopic (exact) mass is 364 g/mol. The van der Waals surface area contributed by atoms with Gasteiger partial charge in [0, 0.05) is 15.2 Å². The summed E-state index contributed by atoms with van der Waals surface area (Å²) in [6.07, 6.45) is 4.01. The largest absolute Gasteiger partial charge is 0.293 e. The zero-order chi connectivity index (χ0) is 22.5. The molecule has 1 heterocycles. The van der Waals surface area contributed by atoms with Gasteiger partial charge in [0.05, 0.1) is 12.6 Å². The van der Waals surface area contributed by atoms with Crippen LogP contribution >= 0.6 is 0 Å². The first-order valence-corrected chi connectivity index (χ1v) is 9.53. The van der Waals surface area contributed by atoms with Crippen molar-refractivity contribution in [3.05, 3.63) is 71.5 Å². The normalized spacial score (nSPS) is 14.6. The van der Waals surface area contributed by atoms with E-state index in [9.17, 15) is 0 Å². The van der Waals surface area contributed by atoms with Crippen molar-refractivity contribution in [2.45, 2.75) is 59.2 Å². The van der Waals surface area contributed by atoms with E-state index in [2.05, 4.69) is 21.3 Å². The summed E-state index contributed by atoms with van der Waals surface area (Å²) >= 11 is 0. The summed E-state index contributed by atoms with van der Waals surface area (Å²) in [5, 5.41) is 0. The third kappa shape index (κ3) is 3.71. The zero-order valence-corrected chi connectivity index (χ0v) is 17.6. The molecule has 2 aromatic carbocycles. The Kier molecular flexibility index (Phi) is 4.48. The highest BCUT2D eigenvalue weighted by molar-refractivity contribution is 5.61. The van der Waals surface area contributed by atoms with Crippen LogP contribution in [-0.4, -0.2) is 4.57 Å². The molecule has 0 aliphatic carbocycles. The molecule has 0 bridgehead atoms. The summed E-state index contributed by atoms with van der Waals surface area (Å²) in [4.78, 5) is 0. The van der Waals surface area contributed by atoms with E-state index < -0.39 is 17.7 Å². The Morgan fingerprint density at radius 1 is 0.852 bits per heavy atom. The molecule has 142 valence electrons. The Labute approximate surface area is 168 Å². The van der Waals surface area contributed by atoms with Gasteiger partial charge in [-0.1, -0.05) is 71.9 Å². The van der Waals surface area contributed by atoms with Crippen molar-refractivity contribution in [1.82, 2.24) is 4.57 Å². The quantitative estimate of drug-likeness (QED) is 0.467. The Bertz CT molecular complexity index is 1010. The SMILES string of the molecule is [2H]C(C)(C)c1cc(C([2H])(C)C)c(-n2cc[n+](C)c2-c2ccccc2)c(C([2H])(C)C)c1. The van der Waals surface area contributed by atoms with Crippen molar-refractivity contribution in [2.75, 3.05) is 0 Å². The van der Waals surface area contributed by atoms with Crippen LogP contribution in [0, 0.1) is 0 Å². The molecule has 1 aromatic heterocycles. The second kappa shape index (κ2) is 7.72. The number of hydrogen-bond donors (Lipinski definition) is 0. The van der Waals surface area contributed by atoms with Crippen LogP contribution in [0.15, 0.2) is 54.9 Å². The van der Waals surface area contributed by atoms with Crippen molar-refractivity contribution >= 4 is 0 Å². The van der Waals surface area contributed by atoms with Crippen LogP contribution in [0.2, 0.25) is 0 Å². The van der Waals surface area contributed by atoms with Gasteiger partial charge in [-0.3, -0.25) is 0 Å². The van der Waals surface area contributed by atoms with E-state index in [-0.39, 0.29) is 0 Å². The van der Waals surface area contributed by atoms with E-state index in [4.69, 9.17) is 4.11 Å². The standard InChI is InChI=1S/C25H33N2/c1-17(2)21-15-22(18(3)4)24(23(16-21)19(5)6)27-14-13-26(7)25(27)20-11-9-8-10-12-20/h8-19H,1-7H3/q+1/i17D,18D,19D. The molecule has 0 amide bonds. The molecule has 0 fully saturated rings. The van der Waals surface area contributed by atoms with Crippen LogP contribution in [0.3, 0.4) is 0 Å². The van der Waals surface area contributed by atoms with Gasteiger partial charge < -0.3 is 0 Å². The number of benzene rings is 2. The van der Waals surface area contributed by atoms with E-state index in [1.54, 1.807) is 0 Å². The molecule has 0 aliphatic rings. The average Bonchev–Trinajstić information content (AvgIpc) is 3.00. The van der Waals surface area contributed by atoms with Crippen LogP contribution < -0.4 is 4.57 Å². The predicted molar refractivity (Wildman–Crippen MR) is 115 cm³/mol. The molecule has 2 heteroatoms. The summed E-state index contributed by atoms with van der Waals surface area (Å²) in [5.41, 5.74) is 4.41. The maximum atomic E-state index is 8.90. The molecule has 3 rings (SSSR count). The molecule has 0 radical (unpaired) electrons. The van der Waals surface area contributed by atoms with Gasteiger partial charge in [0.25, 0.3) is 5.82 Å². The maximum Gasteiger partial charge on any atom is 0.293 e. The lowest BCUT2D eigenvalue weighted by atomic mass is 9.87. The fourth-order valence-electron chi connectivity index (χ4n) is 3.53. The van der Waals surface area contributed by atoms with E-state index in [0.29, 0.717) is 0 Å². The molecule has 0 saturated carbocycles. The van der Waals surface area contributed by atoms with Crippen molar-refractivity contribution in [1.29, 1.82) is 0 Å². The topological polar surface area (TPSA) is 8.81 Å². The first-order chi connectivity index (χ1) is 13.7. The predicted octanol–water partition coefficient (Wildman–Crippen LogP) is 6.34. The van der Waals surface area contributed by atoms with Crippen LogP contribution in [0.1, 0.15) is 80.0 Å². The molecular weight excluding hydrogens is 328 g/mol. The minimum Gasteiger partial charge on any atom is -0.232 e. The van der Waals surface area contributed by atoms with Crippen molar-refractivity contribution in [3.8, 4) is 17.1 Å². The molecule has 0 unspecified atom stereocenters. The molecule has 0 atom stereocenters. The highest BCUT2D eigenvalue weighted by Crippen LogP contribution is 2.36. The van der Waals surface area contributed by atoms with Gasteiger partial charge in [-0.25, -0.2) is 4.57 Å². The van der Waals surface area contributed by atoms with Gasteiger partial charge in [0.15, 0.2) is 0 Å². The molecule has 0 saturated heterocycles. The molecule has 27 heavy (non-hydrogen) atoms. The number of imidazole rings is 1. The summed E-state index contributed by atoms with van der Waals surface area (Å²) in [6, 6.07) is 14.2. The Hall–Kier alpha value is -2.35. The average molecular weight is 365 g/mol. The zero-order valence-electron chi connectivity index (χ0n) is 20.6. The van der Waals surface area contributed by atoms with Gasteiger partial charge in [-0.15, -0.1) is 0 Å². The molecule has 0 N–H and O–H groups in total. The van der Waals surface area contributed by atoms with Gasteiger partial charge in [-0.2, -0.15) is 4.57 Å². The van der Waals surface area contributed by atoms with E-state index in [0.717, 1.165) is 33.8 Å². The van der Waals surface area contributed by atoms with Crippen molar-refractivity contribution < 1.29 is 8.68 Å². The van der Waals surface area contributed by atoms with Crippen LogP contribution in [0.25, 0.3) is 17.1 Å². The highest BCUT2D eigenvalue weighted by atomic mass is 15.1. The molecular formula is C25H33N2+. The molecule has 3 aromatic rings. The highest BCUT2D eigenvalue weighted by Gasteiger charge is 2.26. The molecule has 2 nitrogen and oxygen atoms in total. The lowest BCUT2D eigenvalue weighted by Gasteiger charge is -2.21. The van der Waals surface area contributed by atoms with Gasteiger partial charge in [-0.05, 0) is 35.4 Å². The molecule has 0 spiro atoms. The molecule has 0 aliphatic heterocycles. The minimum atomic E-state index is -0.895.